The van der Waals surface area contributed by atoms with Crippen molar-refractivity contribution < 1.29 is 5.53 Å². The van der Waals surface area contributed by atoms with E-state index in [-0.39, 0.29) is 0 Å². The zero-order valence-corrected chi connectivity index (χ0v) is 4.02. The lowest BCUT2D eigenvalue weighted by Gasteiger charge is -1.90. The molecule has 0 rings (SSSR count). The molecule has 0 amide bonds. The second kappa shape index (κ2) is 3.11. The summed E-state index contributed by atoms with van der Waals surface area (Å²) in [5.74, 6) is 4.76. The van der Waals surface area contributed by atoms with Crippen LogP contribution in [0, 0.1) is 0 Å². The van der Waals surface area contributed by atoms with Crippen molar-refractivity contribution in [2.24, 2.45) is 16.2 Å². The number of hydrazine groups is 1. The fourth-order valence-corrected chi connectivity index (χ4v) is 0.100. The highest BCUT2D eigenvalue weighted by molar-refractivity contribution is 7.51. The Hall–Kier alpha value is -0.0900. The van der Waals surface area contributed by atoms with E-state index in [4.69, 9.17) is 11.3 Å². The van der Waals surface area contributed by atoms with Crippen LogP contribution in [0.4, 0.5) is 0 Å². The van der Waals surface area contributed by atoms with Crippen molar-refractivity contribution in [3.05, 3.63) is 0 Å². The molecule has 6 heavy (non-hydrogen) atoms. The Bertz CT molecular complexity index is 41.2. The van der Waals surface area contributed by atoms with E-state index in [1.165, 1.54) is 0 Å². The lowest BCUT2D eigenvalue weighted by atomic mass is 13.0. The predicted octanol–water partition coefficient (Wildman–Crippen LogP) is -2.15. The van der Waals surface area contributed by atoms with E-state index in [9.17, 15) is 0 Å². The minimum Gasteiger partial charge on any atom is -0.273 e. The molecule has 0 bridgehead atoms. The quantitative estimate of drug-likeness (QED) is 0.140. The van der Waals surface area contributed by atoms with Gasteiger partial charge in [0.25, 0.3) is 0 Å². The van der Waals surface area contributed by atoms with Crippen LogP contribution in [0.1, 0.15) is 0 Å². The van der Waals surface area contributed by atoms with Gasteiger partial charge in [-0.3, -0.25) is 11.3 Å². The molecule has 0 fully saturated rings. The third-order valence-corrected chi connectivity index (χ3v) is 0.770. The summed E-state index contributed by atoms with van der Waals surface area (Å²) in [6.07, 6.45) is 0. The molecule has 0 aromatic carbocycles. The molecule has 0 aromatic heterocycles. The molecule has 0 aliphatic heterocycles. The summed E-state index contributed by atoms with van der Waals surface area (Å²) >= 11 is 0. The van der Waals surface area contributed by atoms with E-state index in [1.807, 2.05) is 0 Å². The molecule has 0 aliphatic carbocycles. The summed E-state index contributed by atoms with van der Waals surface area (Å²) in [5, 5.41) is 2.17. The molecule has 0 saturated heterocycles. The zero-order valence-electron chi connectivity index (χ0n) is 3.13. The first-order valence-electron chi connectivity index (χ1n) is 1.23. The number of hydrogen-bond acceptors (Lipinski definition) is 4. The summed E-state index contributed by atoms with van der Waals surface area (Å²) in [6, 6.07) is 0. The average Bonchev–Trinajstić information content (AvgIpc) is 1.65. The maximum absolute atomic E-state index is 5.01. The van der Waals surface area contributed by atoms with Gasteiger partial charge in [-0.2, -0.15) is 5.53 Å². The maximum atomic E-state index is 5.01. The monoisotopic (exact) mass is 108 g/mol. The topological polar surface area (TPSA) is 102 Å². The van der Waals surface area contributed by atoms with Crippen molar-refractivity contribution >= 4 is 8.37 Å². The average molecular weight is 108 g/mol. The molecule has 0 spiro atoms. The van der Waals surface area contributed by atoms with Crippen molar-refractivity contribution in [2.75, 3.05) is 0 Å². The lowest BCUT2D eigenvalue weighted by molar-refractivity contribution is -0.202. The van der Waals surface area contributed by atoms with E-state index < -0.39 is 8.37 Å². The van der Waals surface area contributed by atoms with Crippen molar-refractivity contribution in [3.63, 3.8) is 0 Å². The highest BCUT2D eigenvalue weighted by Gasteiger charge is 1.91. The summed E-state index contributed by atoms with van der Waals surface area (Å²) in [6.45, 7) is 0. The Balaban J connectivity index is 2.96. The van der Waals surface area contributed by atoms with Gasteiger partial charge < -0.3 is 0 Å². The molecule has 5 nitrogen and oxygen atoms in total. The first-order valence-corrected chi connectivity index (χ1v) is 2.59. The van der Waals surface area contributed by atoms with Crippen LogP contribution >= 0.6 is 8.37 Å². The van der Waals surface area contributed by atoms with Gasteiger partial charge in [-0.1, -0.05) is 0 Å². The van der Waals surface area contributed by atoms with Crippen LogP contribution < -0.4 is 22.1 Å². The van der Waals surface area contributed by atoms with Gasteiger partial charge in [-0.25, -0.2) is 5.20 Å². The van der Waals surface area contributed by atoms with Gasteiger partial charge in [0.1, 0.15) is 0 Å². The molecule has 0 heterocycles. The first-order chi connectivity index (χ1) is 2.81. The zero-order chi connectivity index (χ0) is 4.99. The Morgan fingerprint density at radius 2 is 2.33 bits per heavy atom. The van der Waals surface area contributed by atoms with Gasteiger partial charge in [-0.15, -0.1) is 0 Å². The van der Waals surface area contributed by atoms with Crippen LogP contribution in [0.15, 0.2) is 4.88 Å². The van der Waals surface area contributed by atoms with E-state index >= 15 is 0 Å². The molecule has 0 aromatic rings. The van der Waals surface area contributed by atoms with Crippen LogP contribution in [0.2, 0.25) is 0 Å². The second-order valence-electron chi connectivity index (χ2n) is 0.589. The normalized spacial score (nSPS) is 13.7. The van der Waals surface area contributed by atoms with E-state index in [2.05, 4.69) is 15.6 Å². The SMILES string of the molecule is NNP(N)N=[NH2+]. The molecule has 1 unspecified atom stereocenters. The third kappa shape index (κ3) is 2.17. The van der Waals surface area contributed by atoms with Gasteiger partial charge in [0, 0.05) is 4.88 Å². The van der Waals surface area contributed by atoms with Crippen LogP contribution in [-0.4, -0.2) is 0 Å². The fraction of sp³-hybridized carbons (Fsp3) is 0. The van der Waals surface area contributed by atoms with Gasteiger partial charge in [-0.05, 0) is 0 Å². The van der Waals surface area contributed by atoms with E-state index in [0.29, 0.717) is 0 Å². The van der Waals surface area contributed by atoms with Gasteiger partial charge in [0.2, 0.25) is 8.37 Å². The maximum Gasteiger partial charge on any atom is 0.247 e. The Labute approximate surface area is 36.5 Å². The van der Waals surface area contributed by atoms with Crippen molar-refractivity contribution in [2.45, 2.75) is 0 Å². The number of nitrogens with two attached hydrogens (primary N) is 3. The predicted molar refractivity (Wildman–Crippen MR) is 22.8 cm³/mol. The standard InChI is InChI=1S/H6N5P/c1-4-6(3)5-2/h1,5H,2-3H2/p+1. The summed E-state index contributed by atoms with van der Waals surface area (Å²) in [7, 11) is -1.15. The summed E-state index contributed by atoms with van der Waals surface area (Å²) in [5.41, 5.74) is 9.68. The highest BCUT2D eigenvalue weighted by Crippen LogP contribution is 2.13. The van der Waals surface area contributed by atoms with E-state index in [1.54, 1.807) is 0 Å². The van der Waals surface area contributed by atoms with Crippen molar-refractivity contribution in [1.29, 1.82) is 0 Å². The van der Waals surface area contributed by atoms with E-state index in [0.717, 1.165) is 0 Å². The molecule has 1 atom stereocenters. The molecule has 36 valence electrons. The van der Waals surface area contributed by atoms with Crippen LogP contribution in [0.3, 0.4) is 0 Å². The highest BCUT2D eigenvalue weighted by atomic mass is 31.1. The second-order valence-corrected chi connectivity index (χ2v) is 1.77. The molecule has 6 heteroatoms. The Kier molecular flexibility index (Phi) is 3.07. The molecule has 0 saturated carbocycles. The van der Waals surface area contributed by atoms with Crippen LogP contribution in [0.5, 0.6) is 0 Å². The Morgan fingerprint density at radius 1 is 1.83 bits per heavy atom. The summed E-state index contributed by atoms with van der Waals surface area (Å²) in [4.78, 5) is 3.11. The minimum atomic E-state index is -1.15. The molecular formula is H7N5P+. The van der Waals surface area contributed by atoms with Crippen molar-refractivity contribution in [1.82, 2.24) is 5.20 Å². The first kappa shape index (κ1) is 5.91. The van der Waals surface area contributed by atoms with Gasteiger partial charge in [0.05, 0.1) is 0 Å². The number of hydrogen-bond donors (Lipinski definition) is 4. The third-order valence-electron chi connectivity index (χ3n) is 0.257. The van der Waals surface area contributed by atoms with Crippen LogP contribution in [0.25, 0.3) is 0 Å². The number of rotatable bonds is 2. The Morgan fingerprint density at radius 3 is 2.33 bits per heavy atom. The number of nitrogens with one attached hydrogen (secondary N) is 1. The number of nitrogens with zero attached hydrogens (tertiary/aromatic N) is 1. The fourth-order valence-electron chi connectivity index (χ4n) is 0.0333. The molecule has 0 radical (unpaired) electrons. The lowest BCUT2D eigenvalue weighted by Crippen LogP contribution is -2.28. The van der Waals surface area contributed by atoms with Crippen molar-refractivity contribution in [3.8, 4) is 0 Å². The molecule has 0 aliphatic rings. The smallest absolute Gasteiger partial charge is 0.247 e. The van der Waals surface area contributed by atoms with Crippen LogP contribution in [-0.2, 0) is 0 Å². The van der Waals surface area contributed by atoms with Gasteiger partial charge >= 0.3 is 0 Å². The largest absolute Gasteiger partial charge is 0.273 e. The molecule has 7 N–H and O–H groups in total. The summed E-state index contributed by atoms with van der Waals surface area (Å²) < 4.78 is 0. The minimum absolute atomic E-state index is 1.15. The molecular weight excluding hydrogens is 101 g/mol. The van der Waals surface area contributed by atoms with Gasteiger partial charge in [0.15, 0.2) is 0 Å².